The molecule has 2 rings (SSSR count). The Morgan fingerprint density at radius 2 is 2.06 bits per heavy atom. The van der Waals surface area contributed by atoms with Crippen molar-refractivity contribution in [2.75, 3.05) is 20.1 Å². The molecule has 0 radical (unpaired) electrons. The van der Waals surface area contributed by atoms with Crippen molar-refractivity contribution in [1.29, 1.82) is 0 Å². The van der Waals surface area contributed by atoms with E-state index in [4.69, 9.17) is 0 Å². The highest BCUT2D eigenvalue weighted by Crippen LogP contribution is 2.25. The lowest BCUT2D eigenvalue weighted by Gasteiger charge is -2.30. The molecular weight excluding hydrogens is 220 g/mol. The summed E-state index contributed by atoms with van der Waals surface area (Å²) in [6, 6.07) is 12.0. The Labute approximate surface area is 111 Å². The Balaban J connectivity index is 1.99. The largest absolute Gasteiger partial charge is 0.313 e. The van der Waals surface area contributed by atoms with Gasteiger partial charge in [0, 0.05) is 18.6 Å². The maximum atomic E-state index is 3.48. The number of benzene rings is 1. The molecule has 0 amide bonds. The van der Waals surface area contributed by atoms with Crippen LogP contribution in [0.1, 0.15) is 38.3 Å². The average Bonchev–Trinajstić information content (AvgIpc) is 2.77. The fourth-order valence-electron chi connectivity index (χ4n) is 3.18. The maximum Gasteiger partial charge on any atom is 0.0355 e. The quantitative estimate of drug-likeness (QED) is 0.859. The molecule has 1 aromatic carbocycles. The summed E-state index contributed by atoms with van der Waals surface area (Å²) in [6.45, 7) is 7.19. The minimum atomic E-state index is 0.457. The molecule has 0 spiro atoms. The van der Waals surface area contributed by atoms with E-state index in [1.165, 1.54) is 31.5 Å². The lowest BCUT2D eigenvalue weighted by Crippen LogP contribution is -2.36. The molecule has 1 aromatic rings. The summed E-state index contributed by atoms with van der Waals surface area (Å²) >= 11 is 0. The van der Waals surface area contributed by atoms with Crippen LogP contribution in [0, 0.1) is 5.92 Å². The van der Waals surface area contributed by atoms with Crippen LogP contribution in [0.4, 0.5) is 0 Å². The second kappa shape index (κ2) is 6.35. The minimum absolute atomic E-state index is 0.457. The third-order valence-electron chi connectivity index (χ3n) is 4.25. The molecule has 18 heavy (non-hydrogen) atoms. The van der Waals surface area contributed by atoms with E-state index in [9.17, 15) is 0 Å². The molecule has 0 bridgehead atoms. The highest BCUT2D eigenvalue weighted by atomic mass is 15.2. The first kappa shape index (κ1) is 13.6. The van der Waals surface area contributed by atoms with Gasteiger partial charge in [-0.3, -0.25) is 0 Å². The zero-order chi connectivity index (χ0) is 13.0. The normalized spacial score (nSPS) is 24.1. The van der Waals surface area contributed by atoms with Crippen molar-refractivity contribution in [2.24, 2.45) is 5.92 Å². The zero-order valence-corrected chi connectivity index (χ0v) is 11.9. The molecule has 1 aliphatic rings. The summed E-state index contributed by atoms with van der Waals surface area (Å²) in [4.78, 5) is 2.64. The van der Waals surface area contributed by atoms with Crippen LogP contribution < -0.4 is 5.32 Å². The second-order valence-corrected chi connectivity index (χ2v) is 5.64. The molecule has 0 saturated carbocycles. The zero-order valence-electron chi connectivity index (χ0n) is 11.9. The summed E-state index contributed by atoms with van der Waals surface area (Å²) in [5.74, 6) is 0.637. The van der Waals surface area contributed by atoms with E-state index in [1.54, 1.807) is 0 Å². The highest BCUT2D eigenvalue weighted by Gasteiger charge is 2.25. The van der Waals surface area contributed by atoms with Crippen LogP contribution in [0.3, 0.4) is 0 Å². The van der Waals surface area contributed by atoms with Gasteiger partial charge in [0.25, 0.3) is 0 Å². The molecule has 0 unspecified atom stereocenters. The third kappa shape index (κ3) is 3.12. The van der Waals surface area contributed by atoms with Gasteiger partial charge in [0.1, 0.15) is 0 Å². The first-order valence-electron chi connectivity index (χ1n) is 7.18. The van der Waals surface area contributed by atoms with Gasteiger partial charge in [0.15, 0.2) is 0 Å². The van der Waals surface area contributed by atoms with Gasteiger partial charge < -0.3 is 10.2 Å². The molecule has 1 fully saturated rings. The second-order valence-electron chi connectivity index (χ2n) is 5.64. The highest BCUT2D eigenvalue weighted by molar-refractivity contribution is 5.19. The van der Waals surface area contributed by atoms with Gasteiger partial charge in [-0.1, -0.05) is 37.3 Å². The monoisotopic (exact) mass is 246 g/mol. The van der Waals surface area contributed by atoms with Crippen molar-refractivity contribution in [3.8, 4) is 0 Å². The van der Waals surface area contributed by atoms with Crippen LogP contribution in [0.5, 0.6) is 0 Å². The number of nitrogens with one attached hydrogen (secondary N) is 1. The van der Waals surface area contributed by atoms with Gasteiger partial charge in [0.05, 0.1) is 0 Å². The molecule has 3 atom stereocenters. The van der Waals surface area contributed by atoms with Crippen molar-refractivity contribution >= 4 is 0 Å². The predicted molar refractivity (Wildman–Crippen MR) is 77.7 cm³/mol. The van der Waals surface area contributed by atoms with Crippen molar-refractivity contribution in [2.45, 2.75) is 38.8 Å². The number of rotatable bonds is 5. The molecule has 1 heterocycles. The smallest absolute Gasteiger partial charge is 0.0355 e. The van der Waals surface area contributed by atoms with Gasteiger partial charge in [0.2, 0.25) is 0 Å². The maximum absolute atomic E-state index is 3.48. The topological polar surface area (TPSA) is 15.3 Å². The van der Waals surface area contributed by atoms with E-state index in [-0.39, 0.29) is 0 Å². The number of hydrogen-bond acceptors (Lipinski definition) is 2. The van der Waals surface area contributed by atoms with Crippen molar-refractivity contribution in [3.63, 3.8) is 0 Å². The first-order valence-corrected chi connectivity index (χ1v) is 7.18. The number of hydrogen-bond donors (Lipinski definition) is 1. The van der Waals surface area contributed by atoms with Gasteiger partial charge in [-0.2, -0.15) is 0 Å². The molecule has 0 aliphatic carbocycles. The Kier molecular flexibility index (Phi) is 4.79. The summed E-state index contributed by atoms with van der Waals surface area (Å²) in [7, 11) is 2.07. The van der Waals surface area contributed by atoms with Crippen molar-refractivity contribution < 1.29 is 0 Å². The molecule has 1 N–H and O–H groups in total. The Hall–Kier alpha value is -0.860. The van der Waals surface area contributed by atoms with E-state index in [2.05, 4.69) is 61.4 Å². The van der Waals surface area contributed by atoms with Gasteiger partial charge in [-0.05, 0) is 44.8 Å². The van der Waals surface area contributed by atoms with E-state index < -0.39 is 0 Å². The minimum Gasteiger partial charge on any atom is -0.313 e. The molecule has 1 saturated heterocycles. The van der Waals surface area contributed by atoms with Gasteiger partial charge >= 0.3 is 0 Å². The van der Waals surface area contributed by atoms with Crippen LogP contribution in [0.15, 0.2) is 30.3 Å². The molecular formula is C16H26N2. The van der Waals surface area contributed by atoms with Crippen molar-refractivity contribution in [3.05, 3.63) is 35.9 Å². The molecule has 0 aromatic heterocycles. The molecule has 2 nitrogen and oxygen atoms in total. The lowest BCUT2D eigenvalue weighted by molar-refractivity contribution is 0.209. The number of likely N-dealkylation sites (tertiary alicyclic amines) is 1. The summed E-state index contributed by atoms with van der Waals surface area (Å²) in [5.41, 5.74) is 1.40. The van der Waals surface area contributed by atoms with E-state index in [0.717, 1.165) is 6.04 Å². The van der Waals surface area contributed by atoms with Crippen LogP contribution in [-0.2, 0) is 0 Å². The fraction of sp³-hybridized carbons (Fsp3) is 0.625. The third-order valence-corrected chi connectivity index (χ3v) is 4.25. The SMILES string of the molecule is CN[C@@H](c1ccccc1)[C@@H](C)CN1CCC[C@H]1C. The standard InChI is InChI=1S/C16H26N2/c1-13(12-18-11-7-8-14(18)2)16(17-3)15-9-5-4-6-10-15/h4-6,9-10,13-14,16-17H,7-8,11-12H2,1-3H3/t13-,14+,16+/m0/s1. The Bertz CT molecular complexity index is 349. The molecule has 2 heteroatoms. The molecule has 1 aliphatic heterocycles. The number of nitrogens with zero attached hydrogens (tertiary/aromatic N) is 1. The van der Waals surface area contributed by atoms with Gasteiger partial charge in [-0.15, -0.1) is 0 Å². The summed E-state index contributed by atoms with van der Waals surface area (Å²) in [5, 5.41) is 3.48. The van der Waals surface area contributed by atoms with E-state index in [0.29, 0.717) is 12.0 Å². The van der Waals surface area contributed by atoms with Crippen LogP contribution in [0.25, 0.3) is 0 Å². The summed E-state index contributed by atoms with van der Waals surface area (Å²) in [6.07, 6.45) is 2.73. The van der Waals surface area contributed by atoms with E-state index >= 15 is 0 Å². The lowest BCUT2D eigenvalue weighted by atomic mass is 9.94. The van der Waals surface area contributed by atoms with Crippen LogP contribution in [-0.4, -0.2) is 31.1 Å². The van der Waals surface area contributed by atoms with Crippen molar-refractivity contribution in [1.82, 2.24) is 10.2 Å². The van der Waals surface area contributed by atoms with E-state index in [1.807, 2.05) is 0 Å². The Morgan fingerprint density at radius 1 is 1.33 bits per heavy atom. The fourth-order valence-corrected chi connectivity index (χ4v) is 3.18. The Morgan fingerprint density at radius 3 is 2.61 bits per heavy atom. The average molecular weight is 246 g/mol. The van der Waals surface area contributed by atoms with Crippen LogP contribution in [0.2, 0.25) is 0 Å². The predicted octanol–water partition coefficient (Wildman–Crippen LogP) is 3.07. The molecule has 100 valence electrons. The first-order chi connectivity index (χ1) is 8.72. The van der Waals surface area contributed by atoms with Gasteiger partial charge in [-0.25, -0.2) is 0 Å². The van der Waals surface area contributed by atoms with Crippen LogP contribution >= 0.6 is 0 Å². The summed E-state index contributed by atoms with van der Waals surface area (Å²) < 4.78 is 0.